The van der Waals surface area contributed by atoms with E-state index in [-0.39, 0.29) is 29.1 Å². The Kier molecular flexibility index (Phi) is 7.19. The molecule has 2 nitrogen and oxygen atoms in total. The first-order valence-corrected chi connectivity index (χ1v) is 4.23. The molecule has 0 heterocycles. The fraction of sp³-hybridized carbons (Fsp3) is 0. The van der Waals surface area contributed by atoms with Crippen LogP contribution in [0.25, 0.3) is 0 Å². The molecule has 0 aromatic heterocycles. The van der Waals surface area contributed by atoms with Crippen molar-refractivity contribution >= 4 is 17.6 Å². The van der Waals surface area contributed by atoms with Crippen LogP contribution in [0, 0.1) is 0 Å². The molecule has 2 aromatic rings. The molecule has 0 spiro atoms. The maximum Gasteiger partial charge on any atom is -0.0623 e. The van der Waals surface area contributed by atoms with Gasteiger partial charge in [-0.1, -0.05) is 60.7 Å². The van der Waals surface area contributed by atoms with Gasteiger partial charge < -0.3 is 10.2 Å². The maximum atomic E-state index is 10.3. The summed E-state index contributed by atoms with van der Waals surface area (Å²) >= 11 is 0. The zero-order valence-corrected chi connectivity index (χ0v) is 11.3. The van der Waals surface area contributed by atoms with Gasteiger partial charge in [-0.3, -0.25) is 0 Å². The second-order valence-corrected chi connectivity index (χ2v) is 2.63. The number of rotatable bonds is 0. The van der Waals surface area contributed by atoms with Crippen molar-refractivity contribution in [2.75, 3.05) is 0 Å². The Hall–Kier alpha value is -1.42. The van der Waals surface area contributed by atoms with Crippen LogP contribution < -0.4 is 10.2 Å². The summed E-state index contributed by atoms with van der Waals surface area (Å²) in [5.41, 5.74) is 0. The number of hydrogen-bond acceptors (Lipinski definition) is 2. The van der Waals surface area contributed by atoms with Crippen LogP contribution in [0.5, 0.6) is 11.5 Å². The summed E-state index contributed by atoms with van der Waals surface area (Å²) in [6.07, 6.45) is 0. The van der Waals surface area contributed by atoms with Crippen LogP contribution in [0.2, 0.25) is 0 Å². The molecule has 0 aliphatic heterocycles. The molecule has 76 valence electrons. The Balaban J connectivity index is 0.000000245. The molecule has 15 heavy (non-hydrogen) atoms. The molecule has 0 N–H and O–H groups in total. The molecule has 0 saturated carbocycles. The largest absolute Gasteiger partial charge is 0.872 e. The van der Waals surface area contributed by atoms with E-state index in [0.29, 0.717) is 0 Å². The topological polar surface area (TPSA) is 46.1 Å². The van der Waals surface area contributed by atoms with Gasteiger partial charge in [0, 0.05) is 0 Å². The summed E-state index contributed by atoms with van der Waals surface area (Å²) in [5.74, 6) is 0.144. The van der Waals surface area contributed by atoms with Gasteiger partial charge in [0.25, 0.3) is 0 Å². The van der Waals surface area contributed by atoms with Crippen molar-refractivity contribution in [3.63, 3.8) is 0 Å². The Labute approximate surface area is 100 Å². The van der Waals surface area contributed by atoms with Gasteiger partial charge in [0.15, 0.2) is 0 Å². The number of hydrogen-bond donors (Lipinski definition) is 0. The minimum atomic E-state index is 0. The van der Waals surface area contributed by atoms with E-state index in [4.69, 9.17) is 0 Å². The van der Waals surface area contributed by atoms with E-state index in [0.717, 1.165) is 0 Å². The van der Waals surface area contributed by atoms with Crippen molar-refractivity contribution in [3.8, 4) is 11.5 Å². The molecule has 0 aliphatic carbocycles. The summed E-state index contributed by atoms with van der Waals surface area (Å²) < 4.78 is 0. The van der Waals surface area contributed by atoms with Crippen molar-refractivity contribution in [2.24, 2.45) is 0 Å². The van der Waals surface area contributed by atoms with E-state index in [1.807, 2.05) is 12.1 Å². The van der Waals surface area contributed by atoms with E-state index in [2.05, 4.69) is 0 Å². The summed E-state index contributed by atoms with van der Waals surface area (Å²) in [5, 5.41) is 20.5. The van der Waals surface area contributed by atoms with Crippen molar-refractivity contribution in [1.29, 1.82) is 0 Å². The van der Waals surface area contributed by atoms with Crippen LogP contribution in [0.4, 0.5) is 0 Å². The number of para-hydroxylation sites is 2. The second kappa shape index (κ2) is 7.94. The van der Waals surface area contributed by atoms with Gasteiger partial charge in [0.1, 0.15) is 0 Å². The second-order valence-electron chi connectivity index (χ2n) is 2.63. The van der Waals surface area contributed by atoms with Gasteiger partial charge in [-0.2, -0.15) is 0 Å². The first-order valence-electron chi connectivity index (χ1n) is 4.23. The first kappa shape index (κ1) is 13.6. The van der Waals surface area contributed by atoms with Crippen molar-refractivity contribution in [3.05, 3.63) is 60.7 Å². The third kappa shape index (κ3) is 6.63. The maximum absolute atomic E-state index is 10.3. The molecule has 0 aliphatic rings. The van der Waals surface area contributed by atoms with E-state index in [9.17, 15) is 10.2 Å². The fourth-order valence-electron chi connectivity index (χ4n) is 0.841. The van der Waals surface area contributed by atoms with Crippen LogP contribution in [0.15, 0.2) is 60.7 Å². The molecule has 0 atom stereocenters. The SMILES string of the molecule is [GeH2+2].[O-]c1ccccc1.[O-]c1ccccc1. The molecule has 2 aromatic carbocycles. The van der Waals surface area contributed by atoms with E-state index >= 15 is 0 Å². The quantitative estimate of drug-likeness (QED) is 0.652. The Morgan fingerprint density at radius 2 is 0.800 bits per heavy atom. The summed E-state index contributed by atoms with van der Waals surface area (Å²) in [7, 11) is 0. The van der Waals surface area contributed by atoms with Crippen LogP contribution in [-0.2, 0) is 0 Å². The van der Waals surface area contributed by atoms with Crippen LogP contribution in [0.1, 0.15) is 0 Å². The predicted octanol–water partition coefficient (Wildman–Crippen LogP) is 0.604. The minimum absolute atomic E-state index is 0. The molecule has 0 fully saturated rings. The smallest absolute Gasteiger partial charge is 0.0623 e. The molecule has 0 amide bonds. The molecule has 2 rings (SSSR count). The normalized spacial score (nSPS) is 8.00. The zero-order valence-electron chi connectivity index (χ0n) is 8.30. The minimum Gasteiger partial charge on any atom is -0.872 e. The standard InChI is InChI=1S/2C6H6O.GeH2/c2*7-6-4-2-1-3-5-6;/h2*1-5,7H;1H2/q;;+2/p-2. The third-order valence-electron chi connectivity index (χ3n) is 1.49. The fourth-order valence-corrected chi connectivity index (χ4v) is 0.841. The Morgan fingerprint density at radius 1 is 0.533 bits per heavy atom. The average Bonchev–Trinajstić information content (AvgIpc) is 2.21. The van der Waals surface area contributed by atoms with Gasteiger partial charge in [-0.05, 0) is 0 Å². The van der Waals surface area contributed by atoms with E-state index < -0.39 is 0 Å². The first-order chi connectivity index (χ1) is 6.79. The molecular formula is C12H12GeO2. The van der Waals surface area contributed by atoms with E-state index in [1.165, 1.54) is 24.3 Å². The molecular weight excluding hydrogens is 249 g/mol. The van der Waals surface area contributed by atoms with Crippen molar-refractivity contribution in [2.45, 2.75) is 0 Å². The van der Waals surface area contributed by atoms with Gasteiger partial charge in [0.2, 0.25) is 0 Å². The summed E-state index contributed by atoms with van der Waals surface area (Å²) in [6, 6.07) is 16.7. The van der Waals surface area contributed by atoms with Crippen LogP contribution in [-0.4, -0.2) is 17.6 Å². The average molecular weight is 261 g/mol. The zero-order chi connectivity index (χ0) is 10.2. The van der Waals surface area contributed by atoms with Gasteiger partial charge in [0.05, 0.1) is 0 Å². The van der Waals surface area contributed by atoms with Gasteiger partial charge in [-0.15, -0.1) is 11.5 Å². The van der Waals surface area contributed by atoms with Crippen molar-refractivity contribution < 1.29 is 10.2 Å². The van der Waals surface area contributed by atoms with Crippen molar-refractivity contribution in [1.82, 2.24) is 0 Å². The third-order valence-corrected chi connectivity index (χ3v) is 1.49. The molecule has 0 radical (unpaired) electrons. The number of benzene rings is 2. The molecule has 0 saturated heterocycles. The van der Waals surface area contributed by atoms with Gasteiger partial charge in [-0.25, -0.2) is 0 Å². The van der Waals surface area contributed by atoms with Crippen LogP contribution in [0.3, 0.4) is 0 Å². The van der Waals surface area contributed by atoms with E-state index in [1.54, 1.807) is 24.3 Å². The summed E-state index contributed by atoms with van der Waals surface area (Å²) in [4.78, 5) is 0. The van der Waals surface area contributed by atoms with Crippen LogP contribution >= 0.6 is 0 Å². The van der Waals surface area contributed by atoms with Gasteiger partial charge >= 0.3 is 17.6 Å². The molecule has 0 unspecified atom stereocenters. The Morgan fingerprint density at radius 3 is 0.933 bits per heavy atom. The molecule has 3 heteroatoms. The predicted molar refractivity (Wildman–Crippen MR) is 60.3 cm³/mol. The Bertz CT molecular complexity index is 311. The summed E-state index contributed by atoms with van der Waals surface area (Å²) in [6.45, 7) is 0. The molecule has 0 bridgehead atoms. The monoisotopic (exact) mass is 262 g/mol.